The van der Waals surface area contributed by atoms with Crippen molar-refractivity contribution in [2.24, 2.45) is 5.92 Å². The Labute approximate surface area is 242 Å². The molecule has 9 nitrogen and oxygen atoms in total. The standard InChI is InChI=1S/C28H37N2O3.C4H6O4/c1-30(2,19-12-20-32-25-17-10-5-11-18-25)22-26-21-29-27(33-26)28(31,23-13-6-3-7-14-23)24-15-8-4-9-16-24;5-3(6)1-2-4(7)8/h3,5-7,10-11,13-14,17-18,21,24,31H,4,8-9,12,15-16,19-20,22H2,1-2H3;1-2H2,(H,5,6)(H,7,8)/q+1;/p-1/t28-;/m0./s1. The van der Waals surface area contributed by atoms with Crippen LogP contribution in [0.4, 0.5) is 0 Å². The van der Waals surface area contributed by atoms with E-state index < -0.39 is 24.0 Å². The summed E-state index contributed by atoms with van der Waals surface area (Å²) in [6.07, 6.45) is 7.48. The first-order valence-corrected chi connectivity index (χ1v) is 14.2. The van der Waals surface area contributed by atoms with Gasteiger partial charge in [0.15, 0.2) is 11.4 Å². The lowest BCUT2D eigenvalue weighted by molar-refractivity contribution is -0.904. The average molecular weight is 567 g/mol. The van der Waals surface area contributed by atoms with E-state index in [-0.39, 0.29) is 12.3 Å². The van der Waals surface area contributed by atoms with Gasteiger partial charge in [-0.25, -0.2) is 4.98 Å². The molecule has 4 rings (SSSR count). The maximum absolute atomic E-state index is 12.0. The molecule has 1 heterocycles. The van der Waals surface area contributed by atoms with Crippen molar-refractivity contribution in [2.75, 3.05) is 27.2 Å². The van der Waals surface area contributed by atoms with Gasteiger partial charge in [-0.2, -0.15) is 0 Å². The Kier molecular flexibility index (Phi) is 11.9. The number of rotatable bonds is 13. The molecular formula is C32H42N2O7. The molecule has 1 aromatic heterocycles. The number of aromatic nitrogens is 1. The molecule has 0 unspecified atom stereocenters. The van der Waals surface area contributed by atoms with Crippen molar-refractivity contribution >= 4 is 11.9 Å². The van der Waals surface area contributed by atoms with Crippen molar-refractivity contribution in [3.63, 3.8) is 0 Å². The van der Waals surface area contributed by atoms with Crippen LogP contribution in [0.3, 0.4) is 0 Å². The van der Waals surface area contributed by atoms with Gasteiger partial charge >= 0.3 is 5.97 Å². The van der Waals surface area contributed by atoms with Gasteiger partial charge in [0.05, 0.1) is 39.9 Å². The highest BCUT2D eigenvalue weighted by atomic mass is 16.5. The molecule has 0 spiro atoms. The highest BCUT2D eigenvalue weighted by Gasteiger charge is 2.44. The molecule has 0 aliphatic heterocycles. The first-order valence-electron chi connectivity index (χ1n) is 14.2. The lowest BCUT2D eigenvalue weighted by Gasteiger charge is -2.36. The van der Waals surface area contributed by atoms with Crippen LogP contribution in [0.15, 0.2) is 71.3 Å². The molecule has 0 radical (unpaired) electrons. The summed E-state index contributed by atoms with van der Waals surface area (Å²) in [5.41, 5.74) is -0.308. The molecule has 41 heavy (non-hydrogen) atoms. The predicted octanol–water partition coefficient (Wildman–Crippen LogP) is 4.14. The van der Waals surface area contributed by atoms with Gasteiger partial charge in [-0.15, -0.1) is 0 Å². The minimum absolute atomic E-state index is 0.123. The predicted molar refractivity (Wildman–Crippen MR) is 152 cm³/mol. The summed E-state index contributed by atoms with van der Waals surface area (Å²) < 4.78 is 12.9. The average Bonchev–Trinajstić information content (AvgIpc) is 3.44. The van der Waals surface area contributed by atoms with Crippen LogP contribution in [-0.4, -0.2) is 58.9 Å². The molecule has 0 amide bonds. The molecular weight excluding hydrogens is 524 g/mol. The van der Waals surface area contributed by atoms with Crippen molar-refractivity contribution in [3.8, 4) is 5.75 Å². The van der Waals surface area contributed by atoms with Gasteiger partial charge in [0, 0.05) is 18.3 Å². The monoisotopic (exact) mass is 566 g/mol. The number of carboxylic acid groups (broad SMARTS) is 2. The van der Waals surface area contributed by atoms with Crippen LogP contribution in [0.2, 0.25) is 0 Å². The van der Waals surface area contributed by atoms with E-state index in [0.717, 1.165) is 60.2 Å². The van der Waals surface area contributed by atoms with Crippen LogP contribution in [0, 0.1) is 5.92 Å². The zero-order valence-electron chi connectivity index (χ0n) is 24.0. The fourth-order valence-corrected chi connectivity index (χ4v) is 5.21. The third-order valence-electron chi connectivity index (χ3n) is 7.34. The van der Waals surface area contributed by atoms with Crippen LogP contribution in [0.1, 0.15) is 68.6 Å². The van der Waals surface area contributed by atoms with E-state index in [0.29, 0.717) is 19.0 Å². The van der Waals surface area contributed by atoms with Crippen LogP contribution in [0.5, 0.6) is 5.75 Å². The summed E-state index contributed by atoms with van der Waals surface area (Å²) in [4.78, 5) is 23.8. The summed E-state index contributed by atoms with van der Waals surface area (Å²) in [6, 6.07) is 19.8. The normalized spacial score (nSPS) is 15.3. The number of carboxylic acids is 2. The van der Waals surface area contributed by atoms with E-state index in [1.807, 2.05) is 60.7 Å². The minimum Gasteiger partial charge on any atom is -0.550 e. The van der Waals surface area contributed by atoms with Crippen LogP contribution >= 0.6 is 0 Å². The summed E-state index contributed by atoms with van der Waals surface area (Å²) in [6.45, 7) is 2.35. The fraction of sp³-hybridized carbons (Fsp3) is 0.469. The van der Waals surface area contributed by atoms with Crippen molar-refractivity contribution < 1.29 is 38.5 Å². The SMILES string of the molecule is C[N+](C)(CCCOc1ccccc1)Cc1cnc([C@](O)(c2ccccc2)C2CCCCC2)o1.O=C([O-])CCC(=O)O. The van der Waals surface area contributed by atoms with Gasteiger partial charge in [0.25, 0.3) is 0 Å². The number of quaternary nitrogens is 1. The molecule has 1 aliphatic carbocycles. The second-order valence-electron chi connectivity index (χ2n) is 11.2. The number of benzene rings is 2. The Balaban J connectivity index is 0.000000507. The number of ether oxygens (including phenoxy) is 1. The van der Waals surface area contributed by atoms with Crippen molar-refractivity contribution in [1.82, 2.24) is 4.98 Å². The number of hydrogen-bond acceptors (Lipinski definition) is 7. The van der Waals surface area contributed by atoms with E-state index in [1.54, 1.807) is 6.20 Å². The van der Waals surface area contributed by atoms with Gasteiger partial charge in [-0.1, -0.05) is 67.8 Å². The fourth-order valence-electron chi connectivity index (χ4n) is 5.21. The maximum Gasteiger partial charge on any atom is 0.303 e. The van der Waals surface area contributed by atoms with Gasteiger partial charge in [0.1, 0.15) is 12.3 Å². The van der Waals surface area contributed by atoms with Crippen molar-refractivity contribution in [1.29, 1.82) is 0 Å². The number of aliphatic carboxylic acids is 2. The third kappa shape index (κ3) is 10.0. The quantitative estimate of drug-likeness (QED) is 0.233. The highest BCUT2D eigenvalue weighted by Crippen LogP contribution is 2.43. The second-order valence-corrected chi connectivity index (χ2v) is 11.2. The highest BCUT2D eigenvalue weighted by molar-refractivity contribution is 5.74. The van der Waals surface area contributed by atoms with Crippen molar-refractivity contribution in [3.05, 3.63) is 84.1 Å². The number of nitrogens with zero attached hydrogens (tertiary/aromatic N) is 2. The lowest BCUT2D eigenvalue weighted by atomic mass is 9.73. The number of oxazole rings is 1. The molecule has 2 N–H and O–H groups in total. The first kappa shape index (κ1) is 31.8. The van der Waals surface area contributed by atoms with E-state index >= 15 is 0 Å². The topological polar surface area (TPSA) is 133 Å². The van der Waals surface area contributed by atoms with Crippen molar-refractivity contribution in [2.45, 2.75) is 63.5 Å². The van der Waals surface area contributed by atoms with Crippen LogP contribution in [0.25, 0.3) is 0 Å². The molecule has 0 saturated heterocycles. The van der Waals surface area contributed by atoms with Gasteiger partial charge in [0.2, 0.25) is 5.89 Å². The number of aliphatic hydroxyl groups is 1. The van der Waals surface area contributed by atoms with E-state index in [4.69, 9.17) is 14.3 Å². The summed E-state index contributed by atoms with van der Waals surface area (Å²) >= 11 is 0. The van der Waals surface area contributed by atoms with E-state index in [9.17, 15) is 19.8 Å². The molecule has 2 aromatic carbocycles. The molecule has 0 bridgehead atoms. The Morgan fingerprint density at radius 2 is 1.66 bits per heavy atom. The number of hydrogen-bond donors (Lipinski definition) is 2. The smallest absolute Gasteiger partial charge is 0.303 e. The Bertz CT molecular complexity index is 1190. The first-order chi connectivity index (χ1) is 19.6. The Hall–Kier alpha value is -3.69. The van der Waals surface area contributed by atoms with Gasteiger partial charge in [-0.05, 0) is 37.0 Å². The van der Waals surface area contributed by atoms with Gasteiger partial charge in [-0.3, -0.25) is 4.79 Å². The summed E-state index contributed by atoms with van der Waals surface area (Å²) in [5, 5.41) is 29.4. The Morgan fingerprint density at radius 1 is 1.02 bits per heavy atom. The zero-order chi connectivity index (χ0) is 29.7. The number of carbonyl (C=O) groups excluding carboxylic acids is 1. The van der Waals surface area contributed by atoms with E-state index in [2.05, 4.69) is 19.1 Å². The number of para-hydroxylation sites is 1. The summed E-state index contributed by atoms with van der Waals surface area (Å²) in [7, 11) is 4.38. The van der Waals surface area contributed by atoms with Crippen LogP contribution in [-0.2, 0) is 21.7 Å². The molecule has 1 atom stereocenters. The second kappa shape index (κ2) is 15.3. The Morgan fingerprint density at radius 3 is 2.24 bits per heavy atom. The van der Waals surface area contributed by atoms with Gasteiger partial charge < -0.3 is 33.8 Å². The lowest BCUT2D eigenvalue weighted by Crippen LogP contribution is -2.40. The molecule has 222 valence electrons. The molecule has 3 aromatic rings. The third-order valence-corrected chi connectivity index (χ3v) is 7.34. The molecule has 1 saturated carbocycles. The van der Waals surface area contributed by atoms with Crippen LogP contribution < -0.4 is 9.84 Å². The largest absolute Gasteiger partial charge is 0.550 e. The number of carbonyl (C=O) groups is 2. The molecule has 1 fully saturated rings. The summed E-state index contributed by atoms with van der Waals surface area (Å²) in [5.74, 6) is -0.169. The maximum atomic E-state index is 12.0. The zero-order valence-corrected chi connectivity index (χ0v) is 24.0. The molecule has 9 heteroatoms. The molecule has 1 aliphatic rings. The minimum atomic E-state index is -1.33. The van der Waals surface area contributed by atoms with E-state index in [1.165, 1.54) is 6.42 Å².